The summed E-state index contributed by atoms with van der Waals surface area (Å²) >= 11 is 0. The normalized spacial score (nSPS) is 17.9. The van der Waals surface area contributed by atoms with Crippen LogP contribution in [-0.4, -0.2) is 52.4 Å². The third-order valence-electron chi connectivity index (χ3n) is 3.55. The van der Waals surface area contributed by atoms with Gasteiger partial charge in [-0.2, -0.15) is 5.48 Å². The molecule has 0 aromatic heterocycles. The van der Waals surface area contributed by atoms with Crippen LogP contribution in [-0.2, 0) is 20.5 Å². The molecule has 0 saturated carbocycles. The Balaban J connectivity index is 2.27. The second-order valence-electron chi connectivity index (χ2n) is 5.64. The van der Waals surface area contributed by atoms with Crippen molar-refractivity contribution in [1.29, 1.82) is 0 Å². The molecule has 0 aliphatic rings. The first-order valence-electron chi connectivity index (χ1n) is 8.05. The minimum Gasteiger partial charge on any atom is -0.390 e. The molecular formula is C16H28NO6P. The smallest absolute Gasteiger partial charge is 0.194 e. The van der Waals surface area contributed by atoms with Gasteiger partial charge in [0, 0.05) is 12.2 Å². The first-order valence-corrected chi connectivity index (χ1v) is 9.44. The molecule has 0 heterocycles. The molecule has 0 spiro atoms. The van der Waals surface area contributed by atoms with Crippen LogP contribution in [0.5, 0.6) is 0 Å². The summed E-state index contributed by atoms with van der Waals surface area (Å²) in [5, 5.41) is 29.8. The summed E-state index contributed by atoms with van der Waals surface area (Å²) in [4.78, 5) is 5.20. The van der Waals surface area contributed by atoms with Gasteiger partial charge in [0.1, 0.15) is 6.10 Å². The van der Waals surface area contributed by atoms with Crippen molar-refractivity contribution >= 4 is 8.03 Å². The van der Waals surface area contributed by atoms with E-state index < -0.39 is 26.3 Å². The van der Waals surface area contributed by atoms with E-state index in [0.29, 0.717) is 13.2 Å². The highest BCUT2D eigenvalue weighted by atomic mass is 31.1. The van der Waals surface area contributed by atoms with E-state index in [0.717, 1.165) is 5.56 Å². The maximum Gasteiger partial charge on any atom is 0.194 e. The predicted molar refractivity (Wildman–Crippen MR) is 92.0 cm³/mol. The van der Waals surface area contributed by atoms with Crippen LogP contribution >= 0.6 is 8.03 Å². The molecule has 7 nitrogen and oxygen atoms in total. The molecule has 0 bridgehead atoms. The summed E-state index contributed by atoms with van der Waals surface area (Å²) in [6.07, 6.45) is -3.68. The third-order valence-corrected chi connectivity index (χ3v) is 5.16. The van der Waals surface area contributed by atoms with Crippen molar-refractivity contribution < 1.29 is 29.2 Å². The Labute approximate surface area is 143 Å². The van der Waals surface area contributed by atoms with Gasteiger partial charge >= 0.3 is 0 Å². The standard InChI is InChI=1S/C16H28NO6P/c1-3-23-24(21)12(2)9-14(18)16(20)15(19)10-17-22-11-13-7-5-4-6-8-13/h4-8,12,14-20,24H,3,9-11H2,1-2H3/t12?,14-,15+,16-/m1/s1. The summed E-state index contributed by atoms with van der Waals surface area (Å²) in [5.74, 6) is 0. The number of hydroxylamine groups is 1. The maximum absolute atomic E-state index is 11.7. The average Bonchev–Trinajstić information content (AvgIpc) is 2.58. The monoisotopic (exact) mass is 361 g/mol. The van der Waals surface area contributed by atoms with Gasteiger partial charge in [0.2, 0.25) is 0 Å². The summed E-state index contributed by atoms with van der Waals surface area (Å²) in [7, 11) is -2.27. The van der Waals surface area contributed by atoms with Gasteiger partial charge in [-0.1, -0.05) is 37.3 Å². The molecular weight excluding hydrogens is 333 g/mol. The van der Waals surface area contributed by atoms with Crippen molar-refractivity contribution in [1.82, 2.24) is 5.48 Å². The minimum absolute atomic E-state index is 0.0416. The Hall–Kier alpha value is -0.790. The molecule has 5 atom stereocenters. The van der Waals surface area contributed by atoms with Crippen LogP contribution in [0.4, 0.5) is 0 Å². The number of benzene rings is 1. The summed E-state index contributed by atoms with van der Waals surface area (Å²) in [5.41, 5.74) is 3.15. The Morgan fingerprint density at radius 3 is 2.46 bits per heavy atom. The van der Waals surface area contributed by atoms with Crippen LogP contribution in [0.15, 0.2) is 30.3 Å². The Morgan fingerprint density at radius 2 is 1.83 bits per heavy atom. The number of aliphatic hydroxyl groups is 3. The quantitative estimate of drug-likeness (QED) is 0.251. The highest BCUT2D eigenvalue weighted by molar-refractivity contribution is 7.40. The minimum atomic E-state index is -2.27. The largest absolute Gasteiger partial charge is 0.390 e. The van der Waals surface area contributed by atoms with E-state index in [1.807, 2.05) is 30.3 Å². The van der Waals surface area contributed by atoms with Gasteiger partial charge < -0.3 is 19.8 Å². The molecule has 4 N–H and O–H groups in total. The molecule has 0 aliphatic carbocycles. The fourth-order valence-electron chi connectivity index (χ4n) is 2.11. The van der Waals surface area contributed by atoms with Crippen LogP contribution in [0.2, 0.25) is 0 Å². The topological polar surface area (TPSA) is 108 Å². The lowest BCUT2D eigenvalue weighted by atomic mass is 10.0. The molecule has 0 saturated heterocycles. The molecule has 2 unspecified atom stereocenters. The molecule has 1 aromatic carbocycles. The summed E-state index contributed by atoms with van der Waals surface area (Å²) in [6, 6.07) is 9.49. The predicted octanol–water partition coefficient (Wildman–Crippen LogP) is 1.08. The zero-order valence-corrected chi connectivity index (χ0v) is 15.1. The first-order chi connectivity index (χ1) is 11.5. The van der Waals surface area contributed by atoms with Gasteiger partial charge in [-0.15, -0.1) is 0 Å². The van der Waals surface area contributed by atoms with Gasteiger partial charge in [0.25, 0.3) is 0 Å². The Morgan fingerprint density at radius 1 is 1.17 bits per heavy atom. The number of nitrogens with one attached hydrogen (secondary N) is 1. The molecule has 0 fully saturated rings. The molecule has 0 amide bonds. The zero-order chi connectivity index (χ0) is 17.9. The van der Waals surface area contributed by atoms with E-state index in [1.54, 1.807) is 13.8 Å². The Kier molecular flexibility index (Phi) is 10.4. The van der Waals surface area contributed by atoms with Gasteiger partial charge in [0.15, 0.2) is 8.03 Å². The van der Waals surface area contributed by atoms with Gasteiger partial charge in [-0.3, -0.25) is 9.40 Å². The molecule has 1 aromatic rings. The van der Waals surface area contributed by atoms with E-state index in [2.05, 4.69) is 5.48 Å². The first kappa shape index (κ1) is 21.3. The van der Waals surface area contributed by atoms with E-state index >= 15 is 0 Å². The lowest BCUT2D eigenvalue weighted by molar-refractivity contribution is -0.0800. The third kappa shape index (κ3) is 7.85. The highest BCUT2D eigenvalue weighted by Crippen LogP contribution is 2.32. The second-order valence-corrected chi connectivity index (χ2v) is 7.55. The lowest BCUT2D eigenvalue weighted by Crippen LogP contribution is -2.44. The second kappa shape index (κ2) is 11.7. The van der Waals surface area contributed by atoms with Crippen molar-refractivity contribution in [2.45, 2.75) is 50.8 Å². The van der Waals surface area contributed by atoms with Crippen molar-refractivity contribution in [3.63, 3.8) is 0 Å². The number of aliphatic hydroxyl groups excluding tert-OH is 3. The van der Waals surface area contributed by atoms with Crippen molar-refractivity contribution in [3.8, 4) is 0 Å². The van der Waals surface area contributed by atoms with Crippen molar-refractivity contribution in [2.75, 3.05) is 13.2 Å². The van der Waals surface area contributed by atoms with E-state index in [-0.39, 0.29) is 18.6 Å². The van der Waals surface area contributed by atoms with Crippen LogP contribution in [0.25, 0.3) is 0 Å². The highest BCUT2D eigenvalue weighted by Gasteiger charge is 2.27. The molecule has 8 heteroatoms. The average molecular weight is 361 g/mol. The fourth-order valence-corrected chi connectivity index (χ4v) is 3.12. The van der Waals surface area contributed by atoms with Crippen LogP contribution < -0.4 is 5.48 Å². The van der Waals surface area contributed by atoms with Crippen LogP contribution in [0, 0.1) is 0 Å². The Bertz CT molecular complexity index is 475. The molecule has 1 rings (SSSR count). The summed E-state index contributed by atoms with van der Waals surface area (Å²) in [6.45, 7) is 4.04. The molecule has 24 heavy (non-hydrogen) atoms. The number of hydrogen-bond acceptors (Lipinski definition) is 7. The van der Waals surface area contributed by atoms with E-state index in [9.17, 15) is 19.9 Å². The van der Waals surface area contributed by atoms with Crippen LogP contribution in [0.1, 0.15) is 25.8 Å². The number of rotatable bonds is 12. The van der Waals surface area contributed by atoms with Gasteiger partial charge in [0.05, 0.1) is 25.4 Å². The SMILES string of the molecule is CCO[PH](=O)C(C)C[C@@H](O)[C@@H](O)[C@@H](O)CNOCc1ccccc1. The van der Waals surface area contributed by atoms with Crippen molar-refractivity contribution in [3.05, 3.63) is 35.9 Å². The maximum atomic E-state index is 11.7. The van der Waals surface area contributed by atoms with Gasteiger partial charge in [-0.25, -0.2) is 0 Å². The number of hydrogen-bond donors (Lipinski definition) is 4. The lowest BCUT2D eigenvalue weighted by Gasteiger charge is -2.25. The van der Waals surface area contributed by atoms with Crippen LogP contribution in [0.3, 0.4) is 0 Å². The van der Waals surface area contributed by atoms with Gasteiger partial charge in [-0.05, 0) is 18.9 Å². The molecule has 0 radical (unpaired) electrons. The fraction of sp³-hybridized carbons (Fsp3) is 0.625. The zero-order valence-electron chi connectivity index (χ0n) is 14.1. The van der Waals surface area contributed by atoms with Crippen molar-refractivity contribution in [2.24, 2.45) is 0 Å². The molecule has 0 aliphatic heterocycles. The van der Waals surface area contributed by atoms with E-state index in [1.165, 1.54) is 0 Å². The molecule has 138 valence electrons. The van der Waals surface area contributed by atoms with E-state index in [4.69, 9.17) is 9.36 Å². The summed E-state index contributed by atoms with van der Waals surface area (Å²) < 4.78 is 16.7.